The molecular weight excluding hydrogens is 572 g/mol. The molecule has 0 aromatic carbocycles. The minimum absolute atomic E-state index is 0.0120. The van der Waals surface area contributed by atoms with E-state index in [0.29, 0.717) is 38.8 Å². The zero-order valence-electron chi connectivity index (χ0n) is 27.8. The summed E-state index contributed by atoms with van der Waals surface area (Å²) in [5.41, 5.74) is 15.3. The minimum atomic E-state index is 0.0120. The second-order valence-corrected chi connectivity index (χ2v) is 11.8. The van der Waals surface area contributed by atoms with Crippen LogP contribution in [0.1, 0.15) is 92.0 Å². The first-order valence-corrected chi connectivity index (χ1v) is 16.0. The van der Waals surface area contributed by atoms with Gasteiger partial charge in [0, 0.05) is 59.1 Å². The maximum Gasteiger partial charge on any atom is 0.220 e. The van der Waals surface area contributed by atoms with Crippen molar-refractivity contribution in [2.45, 2.75) is 67.2 Å². The summed E-state index contributed by atoms with van der Waals surface area (Å²) in [7, 11) is 0. The van der Waals surface area contributed by atoms with Crippen molar-refractivity contribution in [2.24, 2.45) is 0 Å². The lowest BCUT2D eigenvalue weighted by atomic mass is 10.00. The molecule has 4 N–H and O–H groups in total. The predicted octanol–water partition coefficient (Wildman–Crippen LogP) is 7.61. The first-order chi connectivity index (χ1) is 22.1. The minimum Gasteiger partial charge on any atom is -0.356 e. The molecule has 3 aromatic rings. The van der Waals surface area contributed by atoms with Crippen molar-refractivity contribution in [1.29, 1.82) is 0 Å². The van der Waals surface area contributed by atoms with Crippen LogP contribution in [0.15, 0.2) is 43.5 Å². The van der Waals surface area contributed by atoms with Crippen molar-refractivity contribution >= 4 is 62.2 Å². The highest BCUT2D eigenvalue weighted by Gasteiger charge is 2.21. The smallest absolute Gasteiger partial charge is 0.220 e. The Kier molecular flexibility index (Phi) is 9.56. The average molecular weight is 617 g/mol. The molecule has 8 bridgehead atoms. The maximum absolute atomic E-state index is 12.5. The number of allylic oxidation sites excluding steroid dienone is 5. The molecule has 3 aromatic heterocycles. The van der Waals surface area contributed by atoms with Gasteiger partial charge in [0.05, 0.1) is 22.8 Å². The fourth-order valence-corrected chi connectivity index (χ4v) is 6.35. The molecule has 5 heterocycles. The molecule has 0 unspecified atom stereocenters. The second kappa shape index (κ2) is 13.6. The Morgan fingerprint density at radius 1 is 0.696 bits per heavy atom. The SMILES string of the molecule is C=CC1=C(C)c2cc3[nH]c(cc4nc(cc5[nH]c(cc1n2)c(C)c5C=C)C(C)=C4CCC(=O)NCC)c(CCC(=O)NCC)c3C. The van der Waals surface area contributed by atoms with E-state index in [4.69, 9.17) is 9.97 Å². The number of aromatic amines is 2. The lowest BCUT2D eigenvalue weighted by Crippen LogP contribution is -2.22. The van der Waals surface area contributed by atoms with E-state index < -0.39 is 0 Å². The fourth-order valence-electron chi connectivity index (χ4n) is 6.35. The number of amides is 2. The monoisotopic (exact) mass is 616 g/mol. The number of nitrogens with zero attached hydrogens (tertiary/aromatic N) is 2. The van der Waals surface area contributed by atoms with Crippen LogP contribution < -0.4 is 10.6 Å². The zero-order valence-corrected chi connectivity index (χ0v) is 27.8. The van der Waals surface area contributed by atoms with Gasteiger partial charge in [-0.1, -0.05) is 25.3 Å². The molecule has 2 amide bonds. The summed E-state index contributed by atoms with van der Waals surface area (Å²) >= 11 is 0. The fraction of sp³-hybridized carbons (Fsp3) is 0.316. The number of nitrogens with one attached hydrogen (secondary N) is 4. The van der Waals surface area contributed by atoms with Gasteiger partial charge in [-0.3, -0.25) is 9.59 Å². The van der Waals surface area contributed by atoms with Gasteiger partial charge in [0.15, 0.2) is 0 Å². The van der Waals surface area contributed by atoms with Gasteiger partial charge in [0.25, 0.3) is 0 Å². The Morgan fingerprint density at radius 3 is 1.89 bits per heavy atom. The summed E-state index contributed by atoms with van der Waals surface area (Å²) in [6.07, 6.45) is 5.58. The van der Waals surface area contributed by atoms with Crippen molar-refractivity contribution < 1.29 is 9.59 Å². The van der Waals surface area contributed by atoms with Crippen molar-refractivity contribution in [2.75, 3.05) is 13.1 Å². The number of aryl methyl sites for hydroxylation is 3. The van der Waals surface area contributed by atoms with Crippen LogP contribution in [-0.4, -0.2) is 44.8 Å². The van der Waals surface area contributed by atoms with Crippen LogP contribution in [0.25, 0.3) is 50.4 Å². The molecule has 0 saturated carbocycles. The van der Waals surface area contributed by atoms with Crippen LogP contribution in [0, 0.1) is 13.8 Å². The van der Waals surface area contributed by atoms with E-state index in [0.717, 1.165) is 89.4 Å². The first-order valence-electron chi connectivity index (χ1n) is 16.0. The summed E-state index contributed by atoms with van der Waals surface area (Å²) in [4.78, 5) is 42.5. The summed E-state index contributed by atoms with van der Waals surface area (Å²) in [6, 6.07) is 8.28. The third kappa shape index (κ3) is 6.25. The highest BCUT2D eigenvalue weighted by Crippen LogP contribution is 2.36. The number of hydrogen-bond donors (Lipinski definition) is 4. The molecule has 0 aliphatic carbocycles. The summed E-state index contributed by atoms with van der Waals surface area (Å²) < 4.78 is 0. The van der Waals surface area contributed by atoms with Gasteiger partial charge in [-0.15, -0.1) is 0 Å². The third-order valence-electron chi connectivity index (χ3n) is 9.00. The predicted molar refractivity (Wildman–Crippen MR) is 191 cm³/mol. The maximum atomic E-state index is 12.5. The highest BCUT2D eigenvalue weighted by molar-refractivity contribution is 5.98. The quantitative estimate of drug-likeness (QED) is 0.188. The molecular formula is C38H44N6O2. The molecule has 2 aliphatic heterocycles. The van der Waals surface area contributed by atoms with Crippen LogP contribution in [0.5, 0.6) is 0 Å². The van der Waals surface area contributed by atoms with Gasteiger partial charge >= 0.3 is 0 Å². The molecule has 8 nitrogen and oxygen atoms in total. The number of H-pyrrole nitrogens is 2. The van der Waals surface area contributed by atoms with E-state index in [9.17, 15) is 9.59 Å². The molecule has 0 fully saturated rings. The Morgan fingerprint density at radius 2 is 1.24 bits per heavy atom. The number of carbonyl (C=O) groups is 2. The van der Waals surface area contributed by atoms with Gasteiger partial charge in [0.1, 0.15) is 0 Å². The normalized spacial score (nSPS) is 12.8. The second-order valence-electron chi connectivity index (χ2n) is 11.8. The Labute approximate surface area is 270 Å². The molecule has 2 aliphatic rings. The van der Waals surface area contributed by atoms with Gasteiger partial charge in [-0.2, -0.15) is 0 Å². The molecule has 8 heteroatoms. The van der Waals surface area contributed by atoms with Crippen LogP contribution in [0.2, 0.25) is 0 Å². The third-order valence-corrected chi connectivity index (χ3v) is 9.00. The van der Waals surface area contributed by atoms with Crippen molar-refractivity contribution in [1.82, 2.24) is 30.6 Å². The van der Waals surface area contributed by atoms with E-state index in [-0.39, 0.29) is 11.8 Å². The van der Waals surface area contributed by atoms with Gasteiger partial charge in [-0.05, 0) is 112 Å². The van der Waals surface area contributed by atoms with Gasteiger partial charge in [-0.25, -0.2) is 9.97 Å². The Bertz CT molecular complexity index is 1990. The Hall–Kier alpha value is -4.98. The van der Waals surface area contributed by atoms with E-state index in [2.05, 4.69) is 85.7 Å². The topological polar surface area (TPSA) is 116 Å². The Balaban J connectivity index is 1.86. The van der Waals surface area contributed by atoms with Crippen LogP contribution in [0.3, 0.4) is 0 Å². The van der Waals surface area contributed by atoms with Gasteiger partial charge in [0.2, 0.25) is 11.8 Å². The molecule has 0 radical (unpaired) electrons. The number of fused-ring (bicyclic) bond motifs is 8. The van der Waals surface area contributed by atoms with Crippen molar-refractivity contribution in [3.63, 3.8) is 0 Å². The molecule has 238 valence electrons. The highest BCUT2D eigenvalue weighted by atomic mass is 16.2. The van der Waals surface area contributed by atoms with Crippen LogP contribution in [0.4, 0.5) is 0 Å². The van der Waals surface area contributed by atoms with E-state index in [1.165, 1.54) is 0 Å². The van der Waals surface area contributed by atoms with Crippen molar-refractivity contribution in [3.05, 3.63) is 88.5 Å². The lowest BCUT2D eigenvalue weighted by Gasteiger charge is -2.06. The zero-order chi connectivity index (χ0) is 33.1. The van der Waals surface area contributed by atoms with Gasteiger partial charge < -0.3 is 20.6 Å². The van der Waals surface area contributed by atoms with E-state index in [1.807, 2.05) is 26.0 Å². The number of aromatic nitrogens is 4. The van der Waals surface area contributed by atoms with Crippen LogP contribution >= 0.6 is 0 Å². The molecule has 0 spiro atoms. The summed E-state index contributed by atoms with van der Waals surface area (Å²) in [5, 5.41) is 5.83. The number of carbonyl (C=O) groups excluding carboxylic acids is 2. The first kappa shape index (κ1) is 32.4. The molecule has 0 atom stereocenters. The summed E-state index contributed by atoms with van der Waals surface area (Å²) in [6.45, 7) is 21.5. The standard InChI is InChI=1S/C38H44N6O2/c1-9-25-21(5)29-17-30-23(7)27(13-15-37(45)39-11-3)35(43-30)20-36-28(14-16-38(46)40-12-4)24(8)32(44-36)19-34-26(10-2)22(6)31(42-34)18-33(25)41-29/h9-10,17-20,42-43H,1-2,11-16H2,3-8H3,(H,39,45)(H,40,46). The van der Waals surface area contributed by atoms with E-state index in [1.54, 1.807) is 0 Å². The number of rotatable bonds is 10. The van der Waals surface area contributed by atoms with Crippen molar-refractivity contribution in [3.8, 4) is 0 Å². The largest absolute Gasteiger partial charge is 0.356 e. The van der Waals surface area contributed by atoms with Crippen LogP contribution in [-0.2, 0) is 16.0 Å². The lowest BCUT2D eigenvalue weighted by molar-refractivity contribution is -0.121. The van der Waals surface area contributed by atoms with E-state index >= 15 is 0 Å². The molecule has 0 saturated heterocycles. The number of hydrogen-bond acceptors (Lipinski definition) is 4. The molecule has 46 heavy (non-hydrogen) atoms. The summed E-state index contributed by atoms with van der Waals surface area (Å²) in [5.74, 6) is 0.0283. The molecule has 5 rings (SSSR count). The average Bonchev–Trinajstić information content (AvgIpc) is 3.68.